The zero-order valence-electron chi connectivity index (χ0n) is 14.4. The van der Waals surface area contributed by atoms with Crippen molar-refractivity contribution in [2.24, 2.45) is 0 Å². The molecule has 1 aromatic carbocycles. The summed E-state index contributed by atoms with van der Waals surface area (Å²) >= 11 is 0. The number of hydrogen-bond acceptors (Lipinski definition) is 9. The molecule has 0 atom stereocenters. The summed E-state index contributed by atoms with van der Waals surface area (Å²) in [6.07, 6.45) is 3.14. The lowest BCUT2D eigenvalue weighted by Gasteiger charge is -2.10. The molecular formula is C16H17N5O6. The van der Waals surface area contributed by atoms with Crippen molar-refractivity contribution in [2.45, 2.75) is 6.42 Å². The number of nitro groups is 1. The number of esters is 1. The molecule has 0 aliphatic heterocycles. The van der Waals surface area contributed by atoms with E-state index in [1.165, 1.54) is 25.3 Å². The van der Waals surface area contributed by atoms with Crippen LogP contribution in [0.1, 0.15) is 6.42 Å². The lowest BCUT2D eigenvalue weighted by molar-refractivity contribution is -0.384. The van der Waals surface area contributed by atoms with Crippen molar-refractivity contribution in [1.29, 1.82) is 0 Å². The maximum atomic E-state index is 11.9. The number of amides is 1. The van der Waals surface area contributed by atoms with Crippen molar-refractivity contribution in [3.05, 3.63) is 46.8 Å². The maximum absolute atomic E-state index is 11.9. The summed E-state index contributed by atoms with van der Waals surface area (Å²) in [6.45, 7) is -0.249. The SMILES string of the molecule is COc1cc([N+](=O)[O-])ccc1NC(=O)COC(=O)CCNc1ncccn1. The smallest absolute Gasteiger partial charge is 0.308 e. The van der Waals surface area contributed by atoms with Crippen LogP contribution in [0.3, 0.4) is 0 Å². The molecule has 0 bridgehead atoms. The molecule has 0 radical (unpaired) electrons. The van der Waals surface area contributed by atoms with Crippen LogP contribution in [0.5, 0.6) is 5.75 Å². The van der Waals surface area contributed by atoms with Gasteiger partial charge in [0.1, 0.15) is 5.75 Å². The average Bonchev–Trinajstić information content (AvgIpc) is 2.67. The van der Waals surface area contributed by atoms with Crippen molar-refractivity contribution in [1.82, 2.24) is 9.97 Å². The molecule has 142 valence electrons. The standard InChI is InChI=1S/C16H17N5O6/c1-26-13-9-11(21(24)25)3-4-12(13)20-14(22)10-27-15(23)5-8-19-16-17-6-2-7-18-16/h2-4,6-7,9H,5,8,10H2,1H3,(H,20,22)(H,17,18,19). The number of nitrogens with one attached hydrogen (secondary N) is 2. The Balaban J connectivity index is 1.77. The number of ether oxygens (including phenoxy) is 2. The van der Waals surface area contributed by atoms with Crippen molar-refractivity contribution >= 4 is 29.2 Å². The highest BCUT2D eigenvalue weighted by atomic mass is 16.6. The van der Waals surface area contributed by atoms with Gasteiger partial charge in [0.25, 0.3) is 11.6 Å². The van der Waals surface area contributed by atoms with Gasteiger partial charge >= 0.3 is 5.97 Å². The highest BCUT2D eigenvalue weighted by Gasteiger charge is 2.14. The van der Waals surface area contributed by atoms with Crippen LogP contribution >= 0.6 is 0 Å². The van der Waals surface area contributed by atoms with Crippen molar-refractivity contribution < 1.29 is 24.0 Å². The molecule has 2 N–H and O–H groups in total. The zero-order chi connectivity index (χ0) is 19.6. The minimum absolute atomic E-state index is 0.0202. The van der Waals surface area contributed by atoms with E-state index in [9.17, 15) is 19.7 Å². The van der Waals surface area contributed by atoms with E-state index in [-0.39, 0.29) is 30.1 Å². The minimum atomic E-state index is -0.602. The average molecular weight is 375 g/mol. The number of benzene rings is 1. The van der Waals surface area contributed by atoms with Crippen LogP contribution in [0.25, 0.3) is 0 Å². The molecule has 2 aromatic rings. The van der Waals surface area contributed by atoms with Gasteiger partial charge in [0.2, 0.25) is 5.95 Å². The van der Waals surface area contributed by atoms with Crippen LogP contribution in [-0.2, 0) is 14.3 Å². The number of anilines is 2. The number of methoxy groups -OCH3 is 1. The summed E-state index contributed by atoms with van der Waals surface area (Å²) in [5.41, 5.74) is 0.0539. The van der Waals surface area contributed by atoms with Crippen LogP contribution in [0.4, 0.5) is 17.3 Å². The van der Waals surface area contributed by atoms with Crippen LogP contribution < -0.4 is 15.4 Å². The second kappa shape index (κ2) is 9.65. The highest BCUT2D eigenvalue weighted by molar-refractivity contribution is 5.94. The molecule has 27 heavy (non-hydrogen) atoms. The molecule has 11 heteroatoms. The Morgan fingerprint density at radius 2 is 2.00 bits per heavy atom. The molecule has 1 amide bonds. The van der Waals surface area contributed by atoms with E-state index < -0.39 is 23.4 Å². The second-order valence-electron chi connectivity index (χ2n) is 5.10. The molecule has 11 nitrogen and oxygen atoms in total. The molecule has 0 spiro atoms. The van der Waals surface area contributed by atoms with Crippen LogP contribution in [-0.4, -0.2) is 47.0 Å². The maximum Gasteiger partial charge on any atom is 0.308 e. The van der Waals surface area contributed by atoms with Crippen LogP contribution in [0.2, 0.25) is 0 Å². The summed E-state index contributed by atoms with van der Waals surface area (Å²) in [5, 5.41) is 16.1. The monoisotopic (exact) mass is 375 g/mol. The number of hydrogen-bond donors (Lipinski definition) is 2. The number of carbonyl (C=O) groups is 2. The Morgan fingerprint density at radius 3 is 2.67 bits per heavy atom. The molecule has 0 aliphatic rings. The van der Waals surface area contributed by atoms with Gasteiger partial charge in [-0.3, -0.25) is 19.7 Å². The topological polar surface area (TPSA) is 146 Å². The van der Waals surface area contributed by atoms with Crippen molar-refractivity contribution in [3.63, 3.8) is 0 Å². The van der Waals surface area contributed by atoms with Crippen LogP contribution in [0, 0.1) is 10.1 Å². The third kappa shape index (κ3) is 6.23. The summed E-state index contributed by atoms with van der Waals surface area (Å²) in [7, 11) is 1.32. The first-order chi connectivity index (χ1) is 13.0. The number of rotatable bonds is 9. The van der Waals surface area contributed by atoms with E-state index in [1.54, 1.807) is 18.5 Å². The molecule has 1 aromatic heterocycles. The van der Waals surface area contributed by atoms with Gasteiger partial charge in [-0.15, -0.1) is 0 Å². The minimum Gasteiger partial charge on any atom is -0.494 e. The Hall–Kier alpha value is -3.76. The van der Waals surface area contributed by atoms with E-state index in [0.717, 1.165) is 0 Å². The van der Waals surface area contributed by atoms with Gasteiger partial charge in [-0.05, 0) is 12.1 Å². The number of nitro benzene ring substituents is 1. The quantitative estimate of drug-likeness (QED) is 0.377. The predicted molar refractivity (Wildman–Crippen MR) is 94.4 cm³/mol. The Morgan fingerprint density at radius 1 is 1.26 bits per heavy atom. The lowest BCUT2D eigenvalue weighted by atomic mass is 10.2. The summed E-state index contributed by atoms with van der Waals surface area (Å²) in [6, 6.07) is 5.40. The third-order valence-electron chi connectivity index (χ3n) is 3.21. The summed E-state index contributed by atoms with van der Waals surface area (Å²) in [5.74, 6) is -0.677. The van der Waals surface area contributed by atoms with E-state index in [2.05, 4.69) is 20.6 Å². The second-order valence-corrected chi connectivity index (χ2v) is 5.10. The van der Waals surface area contributed by atoms with E-state index in [1.807, 2.05) is 0 Å². The first-order valence-electron chi connectivity index (χ1n) is 7.78. The fourth-order valence-corrected chi connectivity index (χ4v) is 1.97. The Bertz CT molecular complexity index is 814. The molecule has 0 saturated heterocycles. The Labute approximate surface area is 153 Å². The van der Waals surface area contributed by atoms with Gasteiger partial charge in [0.15, 0.2) is 6.61 Å². The van der Waals surface area contributed by atoms with Gasteiger partial charge in [-0.25, -0.2) is 9.97 Å². The number of nitrogens with zero attached hydrogens (tertiary/aromatic N) is 3. The first kappa shape index (κ1) is 19.6. The molecular weight excluding hydrogens is 358 g/mol. The number of non-ortho nitro benzene ring substituents is 1. The highest BCUT2D eigenvalue weighted by Crippen LogP contribution is 2.28. The molecule has 0 saturated carbocycles. The van der Waals surface area contributed by atoms with Gasteiger partial charge in [-0.2, -0.15) is 0 Å². The van der Waals surface area contributed by atoms with Crippen LogP contribution in [0.15, 0.2) is 36.7 Å². The Kier molecular flexibility index (Phi) is 6.99. The molecule has 0 aliphatic carbocycles. The molecule has 0 fully saturated rings. The fraction of sp³-hybridized carbons (Fsp3) is 0.250. The summed E-state index contributed by atoms with van der Waals surface area (Å²) in [4.78, 5) is 41.6. The van der Waals surface area contributed by atoms with Gasteiger partial charge in [-0.1, -0.05) is 0 Å². The van der Waals surface area contributed by atoms with E-state index in [0.29, 0.717) is 5.95 Å². The molecule has 2 rings (SSSR count). The third-order valence-corrected chi connectivity index (χ3v) is 3.21. The predicted octanol–water partition coefficient (Wildman–Crippen LogP) is 1.38. The number of carbonyl (C=O) groups excluding carboxylic acids is 2. The van der Waals surface area contributed by atoms with Gasteiger partial charge < -0.3 is 20.1 Å². The fourth-order valence-electron chi connectivity index (χ4n) is 1.97. The van der Waals surface area contributed by atoms with Gasteiger partial charge in [0, 0.05) is 25.0 Å². The molecule has 0 unspecified atom stereocenters. The molecule has 1 heterocycles. The van der Waals surface area contributed by atoms with Crippen molar-refractivity contribution in [3.8, 4) is 5.75 Å². The zero-order valence-corrected chi connectivity index (χ0v) is 14.4. The van der Waals surface area contributed by atoms with Crippen molar-refractivity contribution in [2.75, 3.05) is 30.9 Å². The first-order valence-corrected chi connectivity index (χ1v) is 7.78. The van der Waals surface area contributed by atoms with E-state index >= 15 is 0 Å². The summed E-state index contributed by atoms with van der Waals surface area (Å²) < 4.78 is 9.88. The largest absolute Gasteiger partial charge is 0.494 e. The van der Waals surface area contributed by atoms with E-state index in [4.69, 9.17) is 9.47 Å². The lowest BCUT2D eigenvalue weighted by Crippen LogP contribution is -2.22. The number of aromatic nitrogens is 2. The van der Waals surface area contributed by atoms with Gasteiger partial charge in [0.05, 0.1) is 30.2 Å². The normalized spacial score (nSPS) is 9.96.